The van der Waals surface area contributed by atoms with Gasteiger partial charge < -0.3 is 40.3 Å². The van der Waals surface area contributed by atoms with Gasteiger partial charge in [0.1, 0.15) is 12.5 Å². The fourth-order valence-electron chi connectivity index (χ4n) is 12.6. The van der Waals surface area contributed by atoms with E-state index in [4.69, 9.17) is 9.47 Å². The van der Waals surface area contributed by atoms with Gasteiger partial charge in [-0.2, -0.15) is 0 Å². The summed E-state index contributed by atoms with van der Waals surface area (Å²) in [4.78, 5) is 12.9. The molecule has 1 spiro atoms. The van der Waals surface area contributed by atoms with Crippen molar-refractivity contribution in [1.29, 1.82) is 0 Å². The minimum Gasteiger partial charge on any atom is -0.396 e. The number of carbonyl (C=O) groups excluding carboxylic acids is 1. The number of methoxy groups -OCH3 is 1. The Balaban J connectivity index is 1.36. The molecule has 2 saturated carbocycles. The molecule has 5 aliphatic rings. The van der Waals surface area contributed by atoms with Crippen molar-refractivity contribution >= 4 is 6.29 Å². The summed E-state index contributed by atoms with van der Waals surface area (Å²) >= 11 is 0. The summed E-state index contributed by atoms with van der Waals surface area (Å²) in [6.45, 7) is 14.0. The number of ether oxygens (including phenoxy) is 2. The third-order valence-corrected chi connectivity index (χ3v) is 15.9. The monoisotopic (exact) mass is 885 g/mol. The Morgan fingerprint density at radius 2 is 1.94 bits per heavy atom. The zero-order valence-corrected chi connectivity index (χ0v) is 39.7. The molecule has 4 bridgehead atoms. The molecule has 1 aromatic rings. The molecular weight excluding hydrogens is 805 g/mol. The van der Waals surface area contributed by atoms with Gasteiger partial charge in [0.15, 0.2) is 6.29 Å². The van der Waals surface area contributed by atoms with Crippen molar-refractivity contribution in [2.24, 2.45) is 40.4 Å². The van der Waals surface area contributed by atoms with Crippen LogP contribution < -0.4 is 10.6 Å². The van der Waals surface area contributed by atoms with Gasteiger partial charge in [0.05, 0.1) is 18.3 Å². The average Bonchev–Trinajstić information content (AvgIpc) is 3.60. The van der Waals surface area contributed by atoms with Crippen molar-refractivity contribution in [3.63, 3.8) is 0 Å². The third-order valence-electron chi connectivity index (χ3n) is 15.9. The number of aldehydes is 1. The van der Waals surface area contributed by atoms with Crippen molar-refractivity contribution in [1.82, 2.24) is 10.6 Å². The Kier molecular flexibility index (Phi) is 17.1. The highest BCUT2D eigenvalue weighted by Gasteiger charge is 2.71. The standard InChI is InChI=1S/C54H80N2O8/c1-36(2)29-46(59)64-34-44(14-8-11-37(3)42-17-16-38(4)50(61)56-51(5,25-28-63-7)32-40-13-9-12-39(30-40)31-42)45-19-23-54(49(45)60)48-41(20-27-57)18-22-52(35-53(54,62)24-26-55-6)21-10-15-43(33-58)47(48)52/h8-9,11-14,16,18,22,30,33,36,41-42,45-46,48-50,55-57,59-62H,3,10,15,17,19-21,23-29,31-32,34-35H2,1-2,4-7H3. The van der Waals surface area contributed by atoms with Crippen LogP contribution in [-0.4, -0.2) is 102 Å². The number of hydrogen-bond donors (Lipinski definition) is 7. The maximum atomic E-state index is 13.3. The van der Waals surface area contributed by atoms with E-state index in [1.165, 1.54) is 11.1 Å². The van der Waals surface area contributed by atoms with Gasteiger partial charge in [-0.15, -0.1) is 0 Å². The minimum absolute atomic E-state index is 0.0394. The first-order valence-corrected chi connectivity index (χ1v) is 24.2. The van der Waals surface area contributed by atoms with E-state index in [0.717, 1.165) is 66.3 Å². The summed E-state index contributed by atoms with van der Waals surface area (Å²) in [5, 5.41) is 66.0. The Morgan fingerprint density at radius 1 is 1.16 bits per heavy atom. The highest BCUT2D eigenvalue weighted by Crippen LogP contribution is 2.72. The molecule has 0 saturated heterocycles. The largest absolute Gasteiger partial charge is 0.396 e. The number of benzene rings is 1. The summed E-state index contributed by atoms with van der Waals surface area (Å²) in [5.74, 6) is -0.625. The van der Waals surface area contributed by atoms with Crippen LogP contribution >= 0.6 is 0 Å². The van der Waals surface area contributed by atoms with Crippen molar-refractivity contribution < 1.29 is 39.8 Å². The zero-order valence-electron chi connectivity index (χ0n) is 39.7. The molecule has 0 aromatic heterocycles. The molecule has 1 aromatic carbocycles. The lowest BCUT2D eigenvalue weighted by Gasteiger charge is -2.66. The number of carbonyl (C=O) groups is 1. The van der Waals surface area contributed by atoms with Crippen molar-refractivity contribution in [3.05, 3.63) is 106 Å². The van der Waals surface area contributed by atoms with Crippen molar-refractivity contribution in [2.45, 2.75) is 141 Å². The summed E-state index contributed by atoms with van der Waals surface area (Å²) < 4.78 is 11.6. The molecule has 11 unspecified atom stereocenters. The topological polar surface area (TPSA) is 161 Å². The van der Waals surface area contributed by atoms with E-state index in [9.17, 15) is 30.3 Å². The molecule has 2 fully saturated rings. The van der Waals surface area contributed by atoms with E-state index in [-0.39, 0.29) is 42.4 Å². The van der Waals surface area contributed by atoms with Crippen LogP contribution in [0.4, 0.5) is 0 Å². The van der Waals surface area contributed by atoms with Gasteiger partial charge in [0, 0.05) is 49.0 Å². The lowest BCUT2D eigenvalue weighted by atomic mass is 9.40. The van der Waals surface area contributed by atoms with Crippen LogP contribution in [0.25, 0.3) is 0 Å². The minimum atomic E-state index is -1.27. The quantitative estimate of drug-likeness (QED) is 0.0348. The smallest absolute Gasteiger partial charge is 0.155 e. The number of fused-ring (bicyclic) bond motifs is 3. The van der Waals surface area contributed by atoms with Crippen LogP contribution in [0.1, 0.15) is 109 Å². The highest BCUT2D eigenvalue weighted by molar-refractivity contribution is 5.77. The molecule has 354 valence electrons. The molecule has 0 amide bonds. The van der Waals surface area contributed by atoms with Crippen molar-refractivity contribution in [3.8, 4) is 0 Å². The van der Waals surface area contributed by atoms with Gasteiger partial charge in [0.25, 0.3) is 0 Å². The summed E-state index contributed by atoms with van der Waals surface area (Å²) in [6, 6.07) is 8.68. The number of hydrogen-bond acceptors (Lipinski definition) is 10. The van der Waals surface area contributed by atoms with E-state index in [1.54, 1.807) is 7.11 Å². The van der Waals surface area contributed by atoms with E-state index < -0.39 is 41.0 Å². The average molecular weight is 885 g/mol. The third kappa shape index (κ3) is 10.7. The molecule has 10 nitrogen and oxygen atoms in total. The zero-order chi connectivity index (χ0) is 46.3. The van der Waals surface area contributed by atoms with E-state index in [1.807, 2.05) is 46.0 Å². The Bertz CT molecular complexity index is 1940. The number of nitrogens with one attached hydrogen (secondary N) is 2. The molecule has 4 aliphatic carbocycles. The molecule has 64 heavy (non-hydrogen) atoms. The summed E-state index contributed by atoms with van der Waals surface area (Å²) in [5.41, 5.74) is 3.77. The lowest BCUT2D eigenvalue weighted by molar-refractivity contribution is -0.207. The molecule has 6 rings (SSSR count). The first-order valence-electron chi connectivity index (χ1n) is 24.2. The van der Waals surface area contributed by atoms with Crippen LogP contribution in [0.5, 0.6) is 0 Å². The Morgan fingerprint density at radius 3 is 2.66 bits per heavy atom. The maximum Gasteiger partial charge on any atom is 0.155 e. The molecule has 0 radical (unpaired) electrons. The Labute approximate surface area is 383 Å². The summed E-state index contributed by atoms with van der Waals surface area (Å²) in [7, 11) is 3.59. The number of allylic oxidation sites excluding steroid dienone is 9. The van der Waals surface area contributed by atoms with Crippen molar-refractivity contribution in [2.75, 3.05) is 40.5 Å². The molecule has 11 atom stereocenters. The molecule has 10 heteroatoms. The molecule has 1 aliphatic heterocycles. The van der Waals surface area contributed by atoms with Crippen LogP contribution in [0.15, 0.2) is 95.2 Å². The first-order chi connectivity index (χ1) is 30.6. The highest BCUT2D eigenvalue weighted by atomic mass is 16.6. The SMILES string of the molecule is C=C(C=CC=C(COC(O)CC(C)C)C1CCC2(C1O)C1C3=C(C=O)CCCC3(C=CC1CCO)CC2(O)CCNC)C1CC=C(C)C(O)NC(C)(CCOC)Cc2cccc(c2)C1. The number of rotatable bonds is 18. The number of aliphatic hydroxyl groups is 5. The predicted molar refractivity (Wildman–Crippen MR) is 254 cm³/mol. The second-order valence-electron chi connectivity index (χ2n) is 20.8. The number of aliphatic hydroxyl groups excluding tert-OH is 4. The molecular formula is C54H80N2O8. The van der Waals surface area contributed by atoms with Crippen LogP contribution in [0.2, 0.25) is 0 Å². The van der Waals surface area contributed by atoms with Gasteiger partial charge in [-0.05, 0) is 162 Å². The maximum absolute atomic E-state index is 13.3. The lowest BCUT2D eigenvalue weighted by Crippen LogP contribution is -2.67. The van der Waals surface area contributed by atoms with E-state index in [2.05, 4.69) is 66.6 Å². The van der Waals surface area contributed by atoms with Crippen LogP contribution in [0.3, 0.4) is 0 Å². The molecule has 7 N–H and O–H groups in total. The fourth-order valence-corrected chi connectivity index (χ4v) is 12.6. The molecule has 1 heterocycles. The van der Waals surface area contributed by atoms with Gasteiger partial charge in [-0.1, -0.05) is 86.7 Å². The van der Waals surface area contributed by atoms with E-state index >= 15 is 0 Å². The van der Waals surface area contributed by atoms with Crippen LogP contribution in [-0.2, 0) is 27.1 Å². The second-order valence-corrected chi connectivity index (χ2v) is 20.8. The first kappa shape index (κ1) is 50.4. The second kappa shape index (κ2) is 21.7. The Hall–Kier alpha value is -3.03. The van der Waals surface area contributed by atoms with Gasteiger partial charge in [-0.3, -0.25) is 10.1 Å². The summed E-state index contributed by atoms with van der Waals surface area (Å²) in [6.07, 6.45) is 19.0. The predicted octanol–water partition coefficient (Wildman–Crippen LogP) is 7.21. The normalized spacial score (nSPS) is 35.0. The van der Waals surface area contributed by atoms with E-state index in [0.29, 0.717) is 64.5 Å². The fraction of sp³-hybridized carbons (Fsp3) is 0.648. The van der Waals surface area contributed by atoms with Crippen LogP contribution in [0, 0.1) is 40.4 Å². The van der Waals surface area contributed by atoms with Gasteiger partial charge in [-0.25, -0.2) is 0 Å². The van der Waals surface area contributed by atoms with Gasteiger partial charge >= 0.3 is 0 Å². The van der Waals surface area contributed by atoms with Gasteiger partial charge in [0.2, 0.25) is 0 Å².